The Morgan fingerprint density at radius 2 is 2.23 bits per heavy atom. The van der Waals surface area contributed by atoms with Crippen molar-refractivity contribution < 1.29 is 4.74 Å². The van der Waals surface area contributed by atoms with Gasteiger partial charge < -0.3 is 4.74 Å². The minimum Gasteiger partial charge on any atom is -0.377 e. The molecule has 1 fully saturated rings. The molecule has 1 nitrogen and oxygen atoms in total. The zero-order valence-electron chi connectivity index (χ0n) is 8.09. The van der Waals surface area contributed by atoms with Crippen molar-refractivity contribution >= 4 is 15.9 Å². The third-order valence-corrected chi connectivity index (χ3v) is 4.00. The molecule has 0 aromatic carbocycles. The van der Waals surface area contributed by atoms with Gasteiger partial charge in [0, 0.05) is 17.5 Å². The Labute approximate surface area is 88.0 Å². The molecule has 2 heteroatoms. The molecule has 0 spiro atoms. The van der Waals surface area contributed by atoms with Crippen LogP contribution in [-0.2, 0) is 4.74 Å². The Bertz CT molecular complexity index is 263. The lowest BCUT2D eigenvalue weighted by atomic mass is 9.83. The van der Waals surface area contributed by atoms with Gasteiger partial charge in [-0.3, -0.25) is 0 Å². The van der Waals surface area contributed by atoms with Crippen LogP contribution in [0.25, 0.3) is 0 Å². The van der Waals surface area contributed by atoms with Gasteiger partial charge in [0.05, 0.1) is 6.10 Å². The van der Waals surface area contributed by atoms with E-state index in [1.54, 1.807) is 7.11 Å². The average Bonchev–Trinajstić information content (AvgIpc) is 2.84. The van der Waals surface area contributed by atoms with E-state index >= 15 is 0 Å². The molecule has 0 radical (unpaired) electrons. The molecule has 0 amide bonds. The number of ether oxygens (including phenoxy) is 1. The van der Waals surface area contributed by atoms with Crippen LogP contribution >= 0.6 is 15.9 Å². The minimum absolute atomic E-state index is 0.256. The van der Waals surface area contributed by atoms with Gasteiger partial charge in [0.2, 0.25) is 0 Å². The first-order valence-corrected chi connectivity index (χ1v) is 5.53. The molecule has 72 valence electrons. The molecule has 2 aliphatic carbocycles. The molecule has 13 heavy (non-hydrogen) atoms. The highest BCUT2D eigenvalue weighted by molar-refractivity contribution is 9.11. The predicted molar refractivity (Wildman–Crippen MR) is 57.8 cm³/mol. The summed E-state index contributed by atoms with van der Waals surface area (Å²) >= 11 is 3.64. The smallest absolute Gasteiger partial charge is 0.0833 e. The molecule has 0 aliphatic heterocycles. The summed E-state index contributed by atoms with van der Waals surface area (Å²) in [7, 11) is 1.79. The van der Waals surface area contributed by atoms with E-state index in [0.717, 1.165) is 0 Å². The Hall–Kier alpha value is -0.0800. The molecule has 0 saturated heterocycles. The Kier molecular flexibility index (Phi) is 2.37. The number of rotatable bonds is 2. The Morgan fingerprint density at radius 1 is 1.54 bits per heavy atom. The van der Waals surface area contributed by atoms with E-state index in [1.165, 1.54) is 17.3 Å². The van der Waals surface area contributed by atoms with E-state index in [2.05, 4.69) is 41.1 Å². The van der Waals surface area contributed by atoms with Crippen molar-refractivity contribution in [2.75, 3.05) is 7.11 Å². The van der Waals surface area contributed by atoms with Crippen LogP contribution in [-0.4, -0.2) is 13.2 Å². The summed E-state index contributed by atoms with van der Waals surface area (Å²) in [5.74, 6) is 0.530. The van der Waals surface area contributed by atoms with Gasteiger partial charge in [0.15, 0.2) is 0 Å². The molecule has 0 aromatic rings. The zero-order chi connectivity index (χ0) is 9.47. The molecule has 0 bridgehead atoms. The lowest BCUT2D eigenvalue weighted by Crippen LogP contribution is -2.29. The van der Waals surface area contributed by atoms with Crippen LogP contribution < -0.4 is 0 Å². The maximum Gasteiger partial charge on any atom is 0.0833 e. The van der Waals surface area contributed by atoms with Gasteiger partial charge >= 0.3 is 0 Å². The van der Waals surface area contributed by atoms with Gasteiger partial charge in [-0.15, -0.1) is 0 Å². The second kappa shape index (κ2) is 3.25. The van der Waals surface area contributed by atoms with Gasteiger partial charge in [-0.2, -0.15) is 0 Å². The van der Waals surface area contributed by atoms with E-state index < -0.39 is 0 Å². The number of allylic oxidation sites excluding steroid dienone is 2. The SMILES string of the molecule is COC1C=CC=C(Br)C1C1(C)CC1. The standard InChI is InChI=1S/C11H15BrO/c1-11(6-7-11)10-8(12)4-3-5-9(10)13-2/h3-5,9-10H,6-7H2,1-2H3. The molecule has 1 saturated carbocycles. The normalized spacial score (nSPS) is 35.8. The largest absolute Gasteiger partial charge is 0.377 e. The van der Waals surface area contributed by atoms with Crippen molar-refractivity contribution in [2.45, 2.75) is 25.9 Å². The summed E-state index contributed by atoms with van der Waals surface area (Å²) in [6.45, 7) is 2.35. The fourth-order valence-electron chi connectivity index (χ4n) is 2.08. The predicted octanol–water partition coefficient (Wildman–Crippen LogP) is 3.27. The summed E-state index contributed by atoms with van der Waals surface area (Å²) < 4.78 is 6.78. The van der Waals surface area contributed by atoms with Crippen molar-refractivity contribution in [3.05, 3.63) is 22.7 Å². The number of methoxy groups -OCH3 is 1. The van der Waals surface area contributed by atoms with Crippen molar-refractivity contribution in [1.29, 1.82) is 0 Å². The summed E-state index contributed by atoms with van der Waals surface area (Å²) in [6.07, 6.45) is 9.28. The lowest BCUT2D eigenvalue weighted by molar-refractivity contribution is 0.0777. The maximum atomic E-state index is 5.48. The summed E-state index contributed by atoms with van der Waals surface area (Å²) in [4.78, 5) is 0. The molecule has 2 rings (SSSR count). The summed E-state index contributed by atoms with van der Waals surface area (Å²) in [5, 5.41) is 0. The molecule has 0 aromatic heterocycles. The van der Waals surface area contributed by atoms with Gasteiger partial charge in [-0.05, 0) is 18.3 Å². The third-order valence-electron chi connectivity index (χ3n) is 3.24. The summed E-state index contributed by atoms with van der Waals surface area (Å²) in [5.41, 5.74) is 0.473. The first-order chi connectivity index (χ1) is 6.17. The number of hydrogen-bond donors (Lipinski definition) is 0. The highest BCUT2D eigenvalue weighted by Gasteiger charge is 2.49. The van der Waals surface area contributed by atoms with Gasteiger partial charge in [0.25, 0.3) is 0 Å². The van der Waals surface area contributed by atoms with Crippen LogP contribution in [0.5, 0.6) is 0 Å². The Morgan fingerprint density at radius 3 is 2.77 bits per heavy atom. The molecular formula is C11H15BrO. The third kappa shape index (κ3) is 1.62. The zero-order valence-corrected chi connectivity index (χ0v) is 9.67. The second-order valence-corrected chi connectivity index (χ2v) is 5.18. The molecule has 0 heterocycles. The average molecular weight is 243 g/mol. The first-order valence-electron chi connectivity index (χ1n) is 4.74. The van der Waals surface area contributed by atoms with Crippen LogP contribution in [0, 0.1) is 11.3 Å². The topological polar surface area (TPSA) is 9.23 Å². The number of hydrogen-bond acceptors (Lipinski definition) is 1. The fourth-order valence-corrected chi connectivity index (χ4v) is 3.05. The van der Waals surface area contributed by atoms with E-state index in [4.69, 9.17) is 4.74 Å². The van der Waals surface area contributed by atoms with E-state index in [0.29, 0.717) is 11.3 Å². The van der Waals surface area contributed by atoms with Gasteiger partial charge in [-0.25, -0.2) is 0 Å². The molecule has 2 atom stereocenters. The van der Waals surface area contributed by atoms with Crippen LogP contribution in [0.1, 0.15) is 19.8 Å². The summed E-state index contributed by atoms with van der Waals surface area (Å²) in [6, 6.07) is 0. The quantitative estimate of drug-likeness (QED) is 0.723. The van der Waals surface area contributed by atoms with Crippen molar-refractivity contribution in [1.82, 2.24) is 0 Å². The van der Waals surface area contributed by atoms with Crippen LogP contribution in [0.2, 0.25) is 0 Å². The lowest BCUT2D eigenvalue weighted by Gasteiger charge is -2.31. The highest BCUT2D eigenvalue weighted by Crippen LogP contribution is 2.57. The van der Waals surface area contributed by atoms with Crippen LogP contribution in [0.3, 0.4) is 0 Å². The van der Waals surface area contributed by atoms with E-state index in [-0.39, 0.29) is 6.10 Å². The van der Waals surface area contributed by atoms with Gasteiger partial charge in [-0.1, -0.05) is 41.1 Å². The minimum atomic E-state index is 0.256. The van der Waals surface area contributed by atoms with E-state index in [1.807, 2.05) is 0 Å². The van der Waals surface area contributed by atoms with Gasteiger partial charge in [0.1, 0.15) is 0 Å². The van der Waals surface area contributed by atoms with Crippen molar-refractivity contribution in [2.24, 2.45) is 11.3 Å². The van der Waals surface area contributed by atoms with Crippen molar-refractivity contribution in [3.8, 4) is 0 Å². The second-order valence-electron chi connectivity index (χ2n) is 4.27. The highest BCUT2D eigenvalue weighted by atomic mass is 79.9. The maximum absolute atomic E-state index is 5.48. The fraction of sp³-hybridized carbons (Fsp3) is 0.636. The van der Waals surface area contributed by atoms with Crippen LogP contribution in [0.4, 0.5) is 0 Å². The molecule has 0 N–H and O–H groups in total. The van der Waals surface area contributed by atoms with E-state index in [9.17, 15) is 0 Å². The van der Waals surface area contributed by atoms with Crippen LogP contribution in [0.15, 0.2) is 22.7 Å². The molecule has 2 unspecified atom stereocenters. The molecule has 2 aliphatic rings. The first kappa shape index (κ1) is 9.47. The molecular weight excluding hydrogens is 228 g/mol. The monoisotopic (exact) mass is 242 g/mol. The number of halogens is 1. The Balaban J connectivity index is 2.22. The van der Waals surface area contributed by atoms with Crippen molar-refractivity contribution in [3.63, 3.8) is 0 Å².